The second-order valence-electron chi connectivity index (χ2n) is 5.57. The number of hydrogen-bond donors (Lipinski definition) is 1. The molecule has 25 heavy (non-hydrogen) atoms. The summed E-state index contributed by atoms with van der Waals surface area (Å²) < 4.78 is 0. The average molecular weight is 324 g/mol. The topological polar surface area (TPSA) is 50.7 Å². The molecule has 0 aliphatic carbocycles. The van der Waals surface area contributed by atoms with Crippen LogP contribution in [0.25, 0.3) is 22.6 Å². The summed E-state index contributed by atoms with van der Waals surface area (Å²) in [5.41, 5.74) is 5.12. The van der Waals surface area contributed by atoms with Crippen molar-refractivity contribution in [3.05, 3.63) is 91.4 Å². The van der Waals surface area contributed by atoms with E-state index < -0.39 is 0 Å². The molecule has 2 heterocycles. The van der Waals surface area contributed by atoms with Crippen molar-refractivity contribution in [2.24, 2.45) is 0 Å². The van der Waals surface area contributed by atoms with Crippen LogP contribution in [-0.2, 0) is 0 Å². The molecule has 4 aromatic rings. The first-order chi connectivity index (χ1) is 12.4. The zero-order valence-electron chi connectivity index (χ0n) is 13.5. The molecule has 4 heteroatoms. The van der Waals surface area contributed by atoms with Crippen molar-refractivity contribution < 1.29 is 0 Å². The van der Waals surface area contributed by atoms with E-state index in [1.807, 2.05) is 48.5 Å². The molecule has 0 saturated heterocycles. The average Bonchev–Trinajstić information content (AvgIpc) is 2.71. The van der Waals surface area contributed by atoms with E-state index in [0.717, 1.165) is 34.0 Å². The molecule has 4 rings (SSSR count). The van der Waals surface area contributed by atoms with E-state index in [4.69, 9.17) is 0 Å². The quantitative estimate of drug-likeness (QED) is 0.577. The molecule has 0 saturated carbocycles. The molecule has 0 fully saturated rings. The van der Waals surface area contributed by atoms with Gasteiger partial charge >= 0.3 is 0 Å². The van der Waals surface area contributed by atoms with Gasteiger partial charge in [0.15, 0.2) is 5.82 Å². The van der Waals surface area contributed by atoms with Crippen LogP contribution in [0.15, 0.2) is 91.4 Å². The van der Waals surface area contributed by atoms with E-state index in [1.54, 1.807) is 18.6 Å². The van der Waals surface area contributed by atoms with Gasteiger partial charge in [-0.2, -0.15) is 0 Å². The van der Waals surface area contributed by atoms with Crippen LogP contribution < -0.4 is 5.32 Å². The lowest BCUT2D eigenvalue weighted by Gasteiger charge is -2.08. The van der Waals surface area contributed by atoms with Crippen molar-refractivity contribution in [1.29, 1.82) is 0 Å². The second-order valence-corrected chi connectivity index (χ2v) is 5.57. The monoisotopic (exact) mass is 324 g/mol. The first-order valence-corrected chi connectivity index (χ1v) is 8.04. The van der Waals surface area contributed by atoms with Crippen molar-refractivity contribution in [3.8, 4) is 22.6 Å². The van der Waals surface area contributed by atoms with Crippen LogP contribution in [0.4, 0.5) is 11.4 Å². The van der Waals surface area contributed by atoms with E-state index in [1.165, 1.54) is 0 Å². The minimum absolute atomic E-state index is 0.730. The van der Waals surface area contributed by atoms with Gasteiger partial charge in [-0.05, 0) is 54.6 Å². The predicted molar refractivity (Wildman–Crippen MR) is 100 cm³/mol. The fourth-order valence-electron chi connectivity index (χ4n) is 2.58. The maximum Gasteiger partial charge on any atom is 0.159 e. The molecule has 120 valence electrons. The lowest BCUT2D eigenvalue weighted by Crippen LogP contribution is -1.91. The van der Waals surface area contributed by atoms with Gasteiger partial charge in [0.25, 0.3) is 0 Å². The summed E-state index contributed by atoms with van der Waals surface area (Å²) in [6.07, 6.45) is 5.30. The highest BCUT2D eigenvalue weighted by atomic mass is 14.9. The highest BCUT2D eigenvalue weighted by Gasteiger charge is 2.02. The van der Waals surface area contributed by atoms with Crippen molar-refractivity contribution in [2.75, 3.05) is 5.32 Å². The Bertz CT molecular complexity index is 854. The first-order valence-electron chi connectivity index (χ1n) is 8.04. The van der Waals surface area contributed by atoms with Crippen LogP contribution in [0.1, 0.15) is 0 Å². The van der Waals surface area contributed by atoms with Gasteiger partial charge in [0.2, 0.25) is 0 Å². The molecule has 0 amide bonds. The number of pyridine rings is 1. The molecular formula is C21H16N4. The Morgan fingerprint density at radius 1 is 0.520 bits per heavy atom. The molecule has 2 aromatic carbocycles. The molecule has 0 spiro atoms. The summed E-state index contributed by atoms with van der Waals surface area (Å²) >= 11 is 0. The summed E-state index contributed by atoms with van der Waals surface area (Å²) in [6, 6.07) is 24.1. The predicted octanol–water partition coefficient (Wildman–Crippen LogP) is 4.95. The number of hydrogen-bond acceptors (Lipinski definition) is 4. The van der Waals surface area contributed by atoms with Gasteiger partial charge < -0.3 is 5.32 Å². The van der Waals surface area contributed by atoms with Crippen LogP contribution in [0.5, 0.6) is 0 Å². The Hall–Kier alpha value is -3.53. The zero-order valence-corrected chi connectivity index (χ0v) is 13.5. The van der Waals surface area contributed by atoms with E-state index in [9.17, 15) is 0 Å². The van der Waals surface area contributed by atoms with Crippen LogP contribution >= 0.6 is 0 Å². The number of rotatable bonds is 4. The first kappa shape index (κ1) is 15.0. The molecule has 0 aliphatic heterocycles. The Labute approximate surface area is 146 Å². The molecule has 0 radical (unpaired) electrons. The third-order valence-corrected chi connectivity index (χ3v) is 3.84. The van der Waals surface area contributed by atoms with E-state index in [0.29, 0.717) is 0 Å². The highest BCUT2D eigenvalue weighted by molar-refractivity contribution is 5.68. The molecule has 2 aromatic heterocycles. The number of nitrogens with one attached hydrogen (secondary N) is 1. The maximum atomic E-state index is 4.37. The van der Waals surface area contributed by atoms with E-state index in [-0.39, 0.29) is 0 Å². The fraction of sp³-hybridized carbons (Fsp3) is 0. The normalized spacial score (nSPS) is 10.4. The SMILES string of the molecule is c1ccc(-c2ccc(Nc3ccc(-c4ncccn4)cc3)cc2)nc1. The Morgan fingerprint density at radius 3 is 1.72 bits per heavy atom. The number of anilines is 2. The number of aromatic nitrogens is 3. The summed E-state index contributed by atoms with van der Waals surface area (Å²) in [5.74, 6) is 0.730. The maximum absolute atomic E-state index is 4.37. The third-order valence-electron chi connectivity index (χ3n) is 3.84. The van der Waals surface area contributed by atoms with Crippen LogP contribution in [0.2, 0.25) is 0 Å². The third kappa shape index (κ3) is 3.53. The molecule has 4 nitrogen and oxygen atoms in total. The number of nitrogens with zero attached hydrogens (tertiary/aromatic N) is 3. The standard InChI is InChI=1S/C21H16N4/c1-2-13-22-20(4-1)16-5-9-18(10-6-16)25-19-11-7-17(8-12-19)21-23-14-3-15-24-21/h1-15,25H. The van der Waals surface area contributed by atoms with E-state index >= 15 is 0 Å². The molecule has 0 atom stereocenters. The fourth-order valence-corrected chi connectivity index (χ4v) is 2.58. The summed E-state index contributed by atoms with van der Waals surface area (Å²) in [4.78, 5) is 12.9. The Balaban J connectivity index is 1.49. The zero-order chi connectivity index (χ0) is 16.9. The minimum atomic E-state index is 0.730. The van der Waals surface area contributed by atoms with Gasteiger partial charge in [0, 0.05) is 41.1 Å². The largest absolute Gasteiger partial charge is 0.356 e. The molecule has 0 aliphatic rings. The summed E-state index contributed by atoms with van der Waals surface area (Å²) in [5, 5.41) is 3.40. The second kappa shape index (κ2) is 6.93. The number of benzene rings is 2. The van der Waals surface area contributed by atoms with Crippen molar-refractivity contribution in [1.82, 2.24) is 15.0 Å². The Morgan fingerprint density at radius 2 is 1.12 bits per heavy atom. The molecule has 0 unspecified atom stereocenters. The van der Waals surface area contributed by atoms with Gasteiger partial charge in [0.05, 0.1) is 5.69 Å². The smallest absolute Gasteiger partial charge is 0.159 e. The highest BCUT2D eigenvalue weighted by Crippen LogP contribution is 2.23. The van der Waals surface area contributed by atoms with Crippen molar-refractivity contribution in [3.63, 3.8) is 0 Å². The van der Waals surface area contributed by atoms with Gasteiger partial charge in [-0.15, -0.1) is 0 Å². The summed E-state index contributed by atoms with van der Waals surface area (Å²) in [7, 11) is 0. The van der Waals surface area contributed by atoms with Gasteiger partial charge in [-0.3, -0.25) is 4.98 Å². The molecule has 1 N–H and O–H groups in total. The van der Waals surface area contributed by atoms with E-state index in [2.05, 4.69) is 44.5 Å². The molecule has 0 bridgehead atoms. The lowest BCUT2D eigenvalue weighted by atomic mass is 10.1. The van der Waals surface area contributed by atoms with Crippen LogP contribution in [0, 0.1) is 0 Å². The minimum Gasteiger partial charge on any atom is -0.356 e. The van der Waals surface area contributed by atoms with Gasteiger partial charge in [0.1, 0.15) is 0 Å². The van der Waals surface area contributed by atoms with Crippen LogP contribution in [-0.4, -0.2) is 15.0 Å². The van der Waals surface area contributed by atoms with Gasteiger partial charge in [-0.1, -0.05) is 18.2 Å². The lowest BCUT2D eigenvalue weighted by molar-refractivity contribution is 1.18. The Kier molecular flexibility index (Phi) is 4.16. The van der Waals surface area contributed by atoms with Gasteiger partial charge in [-0.25, -0.2) is 9.97 Å². The summed E-state index contributed by atoms with van der Waals surface area (Å²) in [6.45, 7) is 0. The van der Waals surface area contributed by atoms with Crippen molar-refractivity contribution in [2.45, 2.75) is 0 Å². The van der Waals surface area contributed by atoms with Crippen LogP contribution in [0.3, 0.4) is 0 Å². The van der Waals surface area contributed by atoms with Crippen molar-refractivity contribution >= 4 is 11.4 Å². The molecular weight excluding hydrogens is 308 g/mol.